The van der Waals surface area contributed by atoms with Crippen molar-refractivity contribution in [3.05, 3.63) is 62.9 Å². The number of pyridine rings is 1. The highest BCUT2D eigenvalue weighted by molar-refractivity contribution is 6.42. The molecule has 1 unspecified atom stereocenters. The van der Waals surface area contributed by atoms with Crippen LogP contribution >= 0.6 is 34.8 Å². The summed E-state index contributed by atoms with van der Waals surface area (Å²) in [6.07, 6.45) is 1.71. The molecule has 0 bridgehead atoms. The zero-order valence-electron chi connectivity index (χ0n) is 10.3. The first-order chi connectivity index (χ1) is 9.15. The van der Waals surface area contributed by atoms with Crippen LogP contribution in [0.4, 0.5) is 0 Å². The number of hydrogen-bond donors (Lipinski definition) is 1. The van der Waals surface area contributed by atoms with Gasteiger partial charge in [-0.3, -0.25) is 4.98 Å². The molecule has 1 atom stereocenters. The minimum Gasteiger partial charge on any atom is -0.305 e. The van der Waals surface area contributed by atoms with Crippen LogP contribution in [0.3, 0.4) is 0 Å². The molecular weight excluding hydrogens is 303 g/mol. The standard InChI is InChI=1S/C14H13Cl3N2/c1-2-18-13(14-11(16)7-4-8-19-14)9-5-3-6-10(15)12(9)17/h3-8,13,18H,2H2,1H3. The van der Waals surface area contributed by atoms with Gasteiger partial charge >= 0.3 is 0 Å². The lowest BCUT2D eigenvalue weighted by Gasteiger charge is -2.20. The fraction of sp³-hybridized carbons (Fsp3) is 0.214. The molecule has 0 saturated heterocycles. The zero-order chi connectivity index (χ0) is 13.8. The van der Waals surface area contributed by atoms with Crippen molar-refractivity contribution < 1.29 is 0 Å². The molecule has 2 aromatic rings. The van der Waals surface area contributed by atoms with Crippen LogP contribution < -0.4 is 5.32 Å². The first-order valence-corrected chi connectivity index (χ1v) is 7.06. The second-order valence-corrected chi connectivity index (χ2v) is 5.20. The van der Waals surface area contributed by atoms with E-state index in [0.717, 1.165) is 17.8 Å². The molecule has 19 heavy (non-hydrogen) atoms. The minimum atomic E-state index is -0.176. The zero-order valence-corrected chi connectivity index (χ0v) is 12.6. The second-order valence-electron chi connectivity index (χ2n) is 4.00. The van der Waals surface area contributed by atoms with Crippen LogP contribution in [0.2, 0.25) is 15.1 Å². The summed E-state index contributed by atoms with van der Waals surface area (Å²) in [6, 6.07) is 8.99. The molecule has 0 spiro atoms. The molecule has 1 aromatic heterocycles. The quantitative estimate of drug-likeness (QED) is 0.881. The average molecular weight is 316 g/mol. The second kappa shape index (κ2) is 6.58. The summed E-state index contributed by atoms with van der Waals surface area (Å²) in [7, 11) is 0. The van der Waals surface area contributed by atoms with E-state index < -0.39 is 0 Å². The maximum Gasteiger partial charge on any atom is 0.0804 e. The molecule has 1 heterocycles. The van der Waals surface area contributed by atoms with Crippen molar-refractivity contribution in [2.75, 3.05) is 6.54 Å². The molecule has 0 aliphatic heterocycles. The van der Waals surface area contributed by atoms with Gasteiger partial charge in [0.05, 0.1) is 26.8 Å². The van der Waals surface area contributed by atoms with Crippen molar-refractivity contribution >= 4 is 34.8 Å². The highest BCUT2D eigenvalue weighted by Gasteiger charge is 2.20. The van der Waals surface area contributed by atoms with E-state index in [2.05, 4.69) is 10.3 Å². The normalized spacial score (nSPS) is 12.4. The highest BCUT2D eigenvalue weighted by Crippen LogP contribution is 2.34. The highest BCUT2D eigenvalue weighted by atomic mass is 35.5. The summed E-state index contributed by atoms with van der Waals surface area (Å²) in [5.74, 6) is 0. The van der Waals surface area contributed by atoms with E-state index in [1.807, 2.05) is 25.1 Å². The van der Waals surface area contributed by atoms with Gasteiger partial charge in [0.2, 0.25) is 0 Å². The number of benzene rings is 1. The maximum absolute atomic E-state index is 6.28. The molecule has 100 valence electrons. The van der Waals surface area contributed by atoms with E-state index >= 15 is 0 Å². The summed E-state index contributed by atoms with van der Waals surface area (Å²) in [5.41, 5.74) is 1.62. The van der Waals surface area contributed by atoms with Gasteiger partial charge in [-0.15, -0.1) is 0 Å². The van der Waals surface area contributed by atoms with Gasteiger partial charge in [-0.25, -0.2) is 0 Å². The van der Waals surface area contributed by atoms with E-state index in [9.17, 15) is 0 Å². The number of aromatic nitrogens is 1. The fourth-order valence-corrected chi connectivity index (χ4v) is 2.56. The van der Waals surface area contributed by atoms with Crippen LogP contribution in [0.1, 0.15) is 24.2 Å². The van der Waals surface area contributed by atoms with Crippen LogP contribution in [0.25, 0.3) is 0 Å². The topological polar surface area (TPSA) is 24.9 Å². The van der Waals surface area contributed by atoms with Crippen LogP contribution in [0, 0.1) is 0 Å². The predicted molar refractivity (Wildman–Crippen MR) is 81.2 cm³/mol. The molecule has 0 amide bonds. The fourth-order valence-electron chi connectivity index (χ4n) is 1.91. The smallest absolute Gasteiger partial charge is 0.0804 e. The third kappa shape index (κ3) is 3.21. The molecule has 0 aliphatic rings. The number of halogens is 3. The number of rotatable bonds is 4. The Balaban J connectivity index is 2.52. The molecule has 1 N–H and O–H groups in total. The summed E-state index contributed by atoms with van der Waals surface area (Å²) in [6.45, 7) is 2.78. The van der Waals surface area contributed by atoms with Gasteiger partial charge in [0.15, 0.2) is 0 Å². The van der Waals surface area contributed by atoms with E-state index in [1.54, 1.807) is 18.3 Å². The molecule has 5 heteroatoms. The van der Waals surface area contributed by atoms with Gasteiger partial charge in [0.1, 0.15) is 0 Å². The van der Waals surface area contributed by atoms with Crippen molar-refractivity contribution in [2.45, 2.75) is 13.0 Å². The number of nitrogens with one attached hydrogen (secondary N) is 1. The van der Waals surface area contributed by atoms with Crippen molar-refractivity contribution in [1.29, 1.82) is 0 Å². The Hall–Kier alpha value is -0.800. The number of nitrogens with zero attached hydrogens (tertiary/aromatic N) is 1. The summed E-state index contributed by atoms with van der Waals surface area (Å²) in [4.78, 5) is 4.35. The maximum atomic E-state index is 6.28. The summed E-state index contributed by atoms with van der Waals surface area (Å²) >= 11 is 18.6. The SMILES string of the molecule is CCNC(c1cccc(Cl)c1Cl)c1ncccc1Cl. The Morgan fingerprint density at radius 3 is 2.53 bits per heavy atom. The minimum absolute atomic E-state index is 0.176. The third-order valence-electron chi connectivity index (χ3n) is 2.76. The van der Waals surface area contributed by atoms with Gasteiger partial charge in [0, 0.05) is 6.20 Å². The Morgan fingerprint density at radius 2 is 1.84 bits per heavy atom. The van der Waals surface area contributed by atoms with E-state index in [0.29, 0.717) is 15.1 Å². The van der Waals surface area contributed by atoms with Crippen molar-refractivity contribution in [3.8, 4) is 0 Å². The van der Waals surface area contributed by atoms with Crippen molar-refractivity contribution in [2.24, 2.45) is 0 Å². The molecule has 2 rings (SSSR count). The lowest BCUT2D eigenvalue weighted by atomic mass is 10.0. The Labute approximate surface area is 127 Å². The predicted octanol–water partition coefficient (Wildman–Crippen LogP) is 4.74. The number of hydrogen-bond acceptors (Lipinski definition) is 2. The van der Waals surface area contributed by atoms with Crippen LogP contribution in [-0.4, -0.2) is 11.5 Å². The Bertz CT molecular complexity index is 572. The first-order valence-electron chi connectivity index (χ1n) is 5.92. The van der Waals surface area contributed by atoms with Gasteiger partial charge in [0.25, 0.3) is 0 Å². The lowest BCUT2D eigenvalue weighted by Crippen LogP contribution is -2.23. The largest absolute Gasteiger partial charge is 0.305 e. The third-order valence-corrected chi connectivity index (χ3v) is 3.91. The van der Waals surface area contributed by atoms with E-state index in [-0.39, 0.29) is 6.04 Å². The molecule has 0 radical (unpaired) electrons. The first kappa shape index (κ1) is 14.6. The van der Waals surface area contributed by atoms with E-state index in [1.165, 1.54) is 0 Å². The van der Waals surface area contributed by atoms with Gasteiger partial charge < -0.3 is 5.32 Å². The molecule has 2 nitrogen and oxygen atoms in total. The summed E-state index contributed by atoms with van der Waals surface area (Å²) < 4.78 is 0. The van der Waals surface area contributed by atoms with Gasteiger partial charge in [-0.2, -0.15) is 0 Å². The van der Waals surface area contributed by atoms with Crippen LogP contribution in [0.15, 0.2) is 36.5 Å². The Morgan fingerprint density at radius 1 is 1.11 bits per heavy atom. The molecule has 0 aliphatic carbocycles. The van der Waals surface area contributed by atoms with Crippen molar-refractivity contribution in [3.63, 3.8) is 0 Å². The Kier molecular flexibility index (Phi) is 5.06. The monoisotopic (exact) mass is 314 g/mol. The average Bonchev–Trinajstić information content (AvgIpc) is 2.41. The molecule has 1 aromatic carbocycles. The van der Waals surface area contributed by atoms with Crippen molar-refractivity contribution in [1.82, 2.24) is 10.3 Å². The lowest BCUT2D eigenvalue weighted by molar-refractivity contribution is 0.616. The molecule has 0 saturated carbocycles. The van der Waals surface area contributed by atoms with E-state index in [4.69, 9.17) is 34.8 Å². The molecular formula is C14H13Cl3N2. The van der Waals surface area contributed by atoms with Gasteiger partial charge in [-0.1, -0.05) is 53.9 Å². The van der Waals surface area contributed by atoms with Gasteiger partial charge in [-0.05, 0) is 30.3 Å². The van der Waals surface area contributed by atoms with Crippen LogP contribution in [-0.2, 0) is 0 Å². The molecule has 0 fully saturated rings. The van der Waals surface area contributed by atoms with Crippen LogP contribution in [0.5, 0.6) is 0 Å². The summed E-state index contributed by atoms with van der Waals surface area (Å²) in [5, 5.41) is 4.98.